The number of benzene rings is 1. The van der Waals surface area contributed by atoms with Crippen LogP contribution < -0.4 is 6.15 Å². The Morgan fingerprint density at radius 3 is 2.25 bits per heavy atom. The number of alkyl halides is 3. The standard InChI is InChI=1S/C14H12F3N5O.H3N/c1-8-18-9(2)22(20-8)7-10-3-5-11(6-4-10)12-19-13(23-21-12)14(15,16)17;/h3-6H,7H2,1-2H3;1H3. The molecular weight excluding hydrogens is 325 g/mol. The third-order valence-corrected chi connectivity index (χ3v) is 3.18. The van der Waals surface area contributed by atoms with Crippen LogP contribution in [-0.4, -0.2) is 24.9 Å². The summed E-state index contributed by atoms with van der Waals surface area (Å²) < 4.78 is 43.3. The van der Waals surface area contributed by atoms with Crippen molar-refractivity contribution in [3.05, 3.63) is 47.4 Å². The monoisotopic (exact) mass is 340 g/mol. The molecule has 0 aliphatic heterocycles. The molecule has 3 rings (SSSR count). The number of hydrogen-bond donors (Lipinski definition) is 1. The smallest absolute Gasteiger partial charge is 0.344 e. The summed E-state index contributed by atoms with van der Waals surface area (Å²) in [6, 6.07) is 6.82. The Bertz CT molecular complexity index is 822. The van der Waals surface area contributed by atoms with Gasteiger partial charge in [0.2, 0.25) is 5.82 Å². The minimum atomic E-state index is -4.65. The largest absolute Gasteiger partial charge is 0.471 e. The van der Waals surface area contributed by atoms with Crippen LogP contribution in [0, 0.1) is 13.8 Å². The number of hydrogen-bond acceptors (Lipinski definition) is 6. The van der Waals surface area contributed by atoms with Crippen LogP contribution in [0.1, 0.15) is 23.1 Å². The second kappa shape index (κ2) is 6.40. The van der Waals surface area contributed by atoms with Gasteiger partial charge in [-0.1, -0.05) is 29.4 Å². The lowest BCUT2D eigenvalue weighted by molar-refractivity contribution is -0.159. The summed E-state index contributed by atoms with van der Waals surface area (Å²) in [5.74, 6) is 0.0205. The number of nitrogens with zero attached hydrogens (tertiary/aromatic N) is 5. The zero-order chi connectivity index (χ0) is 16.6. The normalized spacial score (nSPS) is 11.4. The molecule has 0 atom stereocenters. The van der Waals surface area contributed by atoms with Gasteiger partial charge >= 0.3 is 12.1 Å². The molecule has 1 aromatic carbocycles. The molecule has 0 radical (unpaired) electrons. The van der Waals surface area contributed by atoms with E-state index in [4.69, 9.17) is 0 Å². The Kier molecular flexibility index (Phi) is 4.69. The molecule has 0 amide bonds. The first-order valence-electron chi connectivity index (χ1n) is 6.71. The number of rotatable bonds is 3. The lowest BCUT2D eigenvalue weighted by atomic mass is 10.1. The minimum Gasteiger partial charge on any atom is -0.344 e. The van der Waals surface area contributed by atoms with Crippen molar-refractivity contribution in [2.45, 2.75) is 26.6 Å². The molecule has 128 valence electrons. The highest BCUT2D eigenvalue weighted by Gasteiger charge is 2.38. The fourth-order valence-electron chi connectivity index (χ4n) is 2.10. The Morgan fingerprint density at radius 1 is 1.08 bits per heavy atom. The van der Waals surface area contributed by atoms with Gasteiger partial charge in [0, 0.05) is 5.56 Å². The minimum absolute atomic E-state index is 0. The zero-order valence-electron chi connectivity index (χ0n) is 13.0. The van der Waals surface area contributed by atoms with Gasteiger partial charge in [0.1, 0.15) is 11.6 Å². The molecule has 0 aliphatic carbocycles. The maximum absolute atomic E-state index is 12.5. The summed E-state index contributed by atoms with van der Waals surface area (Å²) in [5, 5.41) is 7.61. The van der Waals surface area contributed by atoms with Crippen molar-refractivity contribution in [3.8, 4) is 11.4 Å². The Morgan fingerprint density at radius 2 is 1.75 bits per heavy atom. The van der Waals surface area contributed by atoms with Crippen molar-refractivity contribution < 1.29 is 17.7 Å². The molecule has 3 N–H and O–H groups in total. The third kappa shape index (κ3) is 3.59. The first-order valence-corrected chi connectivity index (χ1v) is 6.71. The van der Waals surface area contributed by atoms with Crippen molar-refractivity contribution in [2.75, 3.05) is 0 Å². The van der Waals surface area contributed by atoms with Crippen LogP contribution >= 0.6 is 0 Å². The molecule has 2 aromatic heterocycles. The van der Waals surface area contributed by atoms with Crippen LogP contribution in [0.5, 0.6) is 0 Å². The van der Waals surface area contributed by atoms with Gasteiger partial charge in [0.15, 0.2) is 0 Å². The molecule has 24 heavy (non-hydrogen) atoms. The lowest BCUT2D eigenvalue weighted by Gasteiger charge is -2.04. The Labute approximate surface area is 135 Å². The third-order valence-electron chi connectivity index (χ3n) is 3.18. The fraction of sp³-hybridized carbons (Fsp3) is 0.286. The SMILES string of the molecule is Cc1nc(C)n(Cc2ccc(-c3noc(C(F)(F)F)n3)cc2)n1.N. The van der Waals surface area contributed by atoms with Crippen LogP contribution in [0.15, 0.2) is 28.8 Å². The fourth-order valence-corrected chi connectivity index (χ4v) is 2.10. The van der Waals surface area contributed by atoms with Gasteiger partial charge in [-0.15, -0.1) is 0 Å². The molecule has 0 unspecified atom stereocenters. The van der Waals surface area contributed by atoms with E-state index in [1.165, 1.54) is 0 Å². The molecule has 7 nitrogen and oxygen atoms in total. The van der Waals surface area contributed by atoms with Gasteiger partial charge in [-0.05, 0) is 19.4 Å². The van der Waals surface area contributed by atoms with Crippen LogP contribution in [0.3, 0.4) is 0 Å². The average Bonchev–Trinajstić information content (AvgIpc) is 3.07. The molecule has 0 bridgehead atoms. The van der Waals surface area contributed by atoms with E-state index < -0.39 is 12.1 Å². The van der Waals surface area contributed by atoms with E-state index in [1.807, 2.05) is 6.92 Å². The highest BCUT2D eigenvalue weighted by Crippen LogP contribution is 2.29. The molecule has 0 saturated carbocycles. The van der Waals surface area contributed by atoms with Crippen LogP contribution in [0.25, 0.3) is 11.4 Å². The molecule has 0 spiro atoms. The molecule has 2 heterocycles. The highest BCUT2D eigenvalue weighted by atomic mass is 19.4. The van der Waals surface area contributed by atoms with E-state index in [9.17, 15) is 13.2 Å². The maximum atomic E-state index is 12.5. The van der Waals surface area contributed by atoms with E-state index in [0.717, 1.165) is 11.4 Å². The average molecular weight is 340 g/mol. The van der Waals surface area contributed by atoms with Gasteiger partial charge < -0.3 is 10.7 Å². The number of halogens is 3. The molecule has 0 fully saturated rings. The second-order valence-corrected chi connectivity index (χ2v) is 4.98. The first-order chi connectivity index (χ1) is 10.8. The van der Waals surface area contributed by atoms with E-state index in [-0.39, 0.29) is 12.0 Å². The molecule has 3 aromatic rings. The first kappa shape index (κ1) is 17.6. The van der Waals surface area contributed by atoms with Gasteiger partial charge in [-0.2, -0.15) is 23.3 Å². The van der Waals surface area contributed by atoms with Crippen LogP contribution in [0.2, 0.25) is 0 Å². The maximum Gasteiger partial charge on any atom is 0.471 e. The van der Waals surface area contributed by atoms with Gasteiger partial charge in [0.25, 0.3) is 0 Å². The number of aryl methyl sites for hydroxylation is 2. The van der Waals surface area contributed by atoms with Crippen molar-refractivity contribution in [1.82, 2.24) is 31.1 Å². The summed E-state index contributed by atoms with van der Waals surface area (Å²) >= 11 is 0. The molecular formula is C14H15F3N6O. The van der Waals surface area contributed by atoms with E-state index >= 15 is 0 Å². The van der Waals surface area contributed by atoms with Crippen LogP contribution in [0.4, 0.5) is 13.2 Å². The van der Waals surface area contributed by atoms with Crippen molar-refractivity contribution in [2.24, 2.45) is 0 Å². The van der Waals surface area contributed by atoms with E-state index in [1.54, 1.807) is 35.9 Å². The highest BCUT2D eigenvalue weighted by molar-refractivity contribution is 5.54. The van der Waals surface area contributed by atoms with Crippen molar-refractivity contribution in [1.29, 1.82) is 0 Å². The lowest BCUT2D eigenvalue weighted by Crippen LogP contribution is -2.05. The quantitative estimate of drug-likeness (QED) is 0.785. The van der Waals surface area contributed by atoms with Crippen LogP contribution in [-0.2, 0) is 12.7 Å². The van der Waals surface area contributed by atoms with Crippen molar-refractivity contribution >= 4 is 0 Å². The predicted molar refractivity (Wildman–Crippen MR) is 78.4 cm³/mol. The van der Waals surface area contributed by atoms with Gasteiger partial charge in [-0.3, -0.25) is 0 Å². The van der Waals surface area contributed by atoms with Gasteiger partial charge in [0.05, 0.1) is 6.54 Å². The van der Waals surface area contributed by atoms with E-state index in [0.29, 0.717) is 17.9 Å². The van der Waals surface area contributed by atoms with E-state index in [2.05, 4.69) is 24.7 Å². The van der Waals surface area contributed by atoms with Crippen molar-refractivity contribution in [3.63, 3.8) is 0 Å². The Balaban J connectivity index is 0.00000208. The summed E-state index contributed by atoms with van der Waals surface area (Å²) in [6.45, 7) is 4.18. The molecule has 0 saturated heterocycles. The molecule has 10 heteroatoms. The molecule has 0 aliphatic rings. The van der Waals surface area contributed by atoms with Gasteiger partial charge in [-0.25, -0.2) is 9.67 Å². The predicted octanol–water partition coefficient (Wildman–Crippen LogP) is 3.17. The number of aromatic nitrogens is 5. The topological polar surface area (TPSA) is 105 Å². The zero-order valence-corrected chi connectivity index (χ0v) is 13.0. The summed E-state index contributed by atoms with van der Waals surface area (Å²) in [5.41, 5.74) is 1.38. The summed E-state index contributed by atoms with van der Waals surface area (Å²) in [7, 11) is 0. The second-order valence-electron chi connectivity index (χ2n) is 4.98. The Hall–Kier alpha value is -2.75. The summed E-state index contributed by atoms with van der Waals surface area (Å²) in [4.78, 5) is 7.56. The summed E-state index contributed by atoms with van der Waals surface area (Å²) in [6.07, 6.45) is -4.65.